The summed E-state index contributed by atoms with van der Waals surface area (Å²) in [6.45, 7) is 2.02. The molecule has 0 saturated carbocycles. The lowest BCUT2D eigenvalue weighted by molar-refractivity contribution is 0.0591. The molecule has 88 valence electrons. The topological polar surface area (TPSA) is 31.2 Å². The molecule has 0 fully saturated rings. The molecule has 0 bridgehead atoms. The monoisotopic (exact) mass is 293 g/mol. The molecule has 0 aliphatic heterocycles. The molecule has 2 aromatic rings. The van der Waals surface area contributed by atoms with Gasteiger partial charge >= 0.3 is 5.97 Å². The van der Waals surface area contributed by atoms with Crippen molar-refractivity contribution in [3.05, 3.63) is 52.3 Å². The molecule has 1 aromatic heterocycles. The number of esters is 1. The number of ether oxygens (including phenoxy) is 1. The first-order valence-electron chi connectivity index (χ1n) is 5.15. The third-order valence-electron chi connectivity index (χ3n) is 2.51. The number of carbonyl (C=O) groups is 1. The van der Waals surface area contributed by atoms with Gasteiger partial charge in [-0.2, -0.15) is 0 Å². The molecule has 0 amide bonds. The number of hydrogen-bond donors (Lipinski definition) is 0. The van der Waals surface area contributed by atoms with Crippen LogP contribution in [0.2, 0.25) is 0 Å². The van der Waals surface area contributed by atoms with Crippen molar-refractivity contribution in [2.75, 3.05) is 7.11 Å². The number of carbonyl (C=O) groups excluding carboxylic acids is 1. The zero-order chi connectivity index (χ0) is 12.4. The smallest absolute Gasteiger partial charge is 0.355 e. The summed E-state index contributed by atoms with van der Waals surface area (Å²) in [5, 5.41) is 0. The molecule has 1 aromatic carbocycles. The molecule has 0 aliphatic carbocycles. The Kier molecular flexibility index (Phi) is 3.33. The summed E-state index contributed by atoms with van der Waals surface area (Å²) < 4.78 is 7.49. The minimum atomic E-state index is -0.345. The lowest BCUT2D eigenvalue weighted by Gasteiger charge is -2.10. The molecule has 0 unspecified atom stereocenters. The second-order valence-corrected chi connectivity index (χ2v) is 4.56. The number of aromatic nitrogens is 1. The molecule has 1 heterocycles. The van der Waals surface area contributed by atoms with E-state index in [-0.39, 0.29) is 5.97 Å². The molecule has 2 rings (SSSR count). The van der Waals surface area contributed by atoms with Gasteiger partial charge in [0.25, 0.3) is 0 Å². The lowest BCUT2D eigenvalue weighted by Crippen LogP contribution is -2.08. The number of methoxy groups -OCH3 is 1. The van der Waals surface area contributed by atoms with Crippen molar-refractivity contribution in [1.29, 1.82) is 0 Å². The van der Waals surface area contributed by atoms with Crippen molar-refractivity contribution in [2.24, 2.45) is 0 Å². The standard InChI is InChI=1S/C13H12BrNO2/c1-9-5-6-11(10(14)8-9)15-7-3-4-12(15)13(16)17-2/h3-8H,1-2H3. The molecule has 4 heteroatoms. The fourth-order valence-electron chi connectivity index (χ4n) is 1.67. The van der Waals surface area contributed by atoms with Crippen molar-refractivity contribution in [2.45, 2.75) is 6.92 Å². The van der Waals surface area contributed by atoms with Crippen LogP contribution in [0.15, 0.2) is 41.0 Å². The van der Waals surface area contributed by atoms with Gasteiger partial charge < -0.3 is 9.30 Å². The van der Waals surface area contributed by atoms with Crippen LogP contribution in [-0.4, -0.2) is 17.6 Å². The fraction of sp³-hybridized carbons (Fsp3) is 0.154. The van der Waals surface area contributed by atoms with E-state index in [2.05, 4.69) is 15.9 Å². The van der Waals surface area contributed by atoms with E-state index in [1.807, 2.05) is 37.4 Å². The van der Waals surface area contributed by atoms with E-state index in [0.29, 0.717) is 5.69 Å². The highest BCUT2D eigenvalue weighted by Crippen LogP contribution is 2.24. The number of nitrogens with zero attached hydrogens (tertiary/aromatic N) is 1. The molecule has 0 radical (unpaired) electrons. The molecule has 0 atom stereocenters. The van der Waals surface area contributed by atoms with Crippen molar-refractivity contribution in [3.8, 4) is 5.69 Å². The minimum Gasteiger partial charge on any atom is -0.464 e. The maximum Gasteiger partial charge on any atom is 0.355 e. The third-order valence-corrected chi connectivity index (χ3v) is 3.14. The van der Waals surface area contributed by atoms with E-state index in [9.17, 15) is 4.79 Å². The van der Waals surface area contributed by atoms with Gasteiger partial charge in [-0.25, -0.2) is 4.79 Å². The van der Waals surface area contributed by atoms with Crippen LogP contribution < -0.4 is 0 Å². The Balaban J connectivity index is 2.53. The zero-order valence-electron chi connectivity index (χ0n) is 9.61. The summed E-state index contributed by atoms with van der Waals surface area (Å²) in [5.41, 5.74) is 2.59. The van der Waals surface area contributed by atoms with Gasteiger partial charge in [-0.15, -0.1) is 0 Å². The molecule has 0 N–H and O–H groups in total. The van der Waals surface area contributed by atoms with Crippen molar-refractivity contribution in [3.63, 3.8) is 0 Å². The number of rotatable bonds is 2. The van der Waals surface area contributed by atoms with Gasteiger partial charge in [0.15, 0.2) is 0 Å². The van der Waals surface area contributed by atoms with Crippen LogP contribution in [0.1, 0.15) is 16.1 Å². The summed E-state index contributed by atoms with van der Waals surface area (Å²) in [5.74, 6) is -0.345. The largest absolute Gasteiger partial charge is 0.464 e. The van der Waals surface area contributed by atoms with Crippen LogP contribution in [-0.2, 0) is 4.74 Å². The average molecular weight is 294 g/mol. The molecular formula is C13H12BrNO2. The number of aryl methyl sites for hydroxylation is 1. The van der Waals surface area contributed by atoms with Crippen molar-refractivity contribution < 1.29 is 9.53 Å². The van der Waals surface area contributed by atoms with Gasteiger partial charge in [-0.05, 0) is 52.7 Å². The van der Waals surface area contributed by atoms with Gasteiger partial charge in [-0.3, -0.25) is 0 Å². The molecular weight excluding hydrogens is 282 g/mol. The molecule has 0 spiro atoms. The lowest BCUT2D eigenvalue weighted by atomic mass is 10.2. The van der Waals surface area contributed by atoms with E-state index in [1.54, 1.807) is 10.6 Å². The number of benzene rings is 1. The highest BCUT2D eigenvalue weighted by atomic mass is 79.9. The second kappa shape index (κ2) is 4.75. The predicted octanol–water partition coefficient (Wildman–Crippen LogP) is 3.33. The molecule has 0 saturated heterocycles. The summed E-state index contributed by atoms with van der Waals surface area (Å²) in [6, 6.07) is 9.53. The highest BCUT2D eigenvalue weighted by molar-refractivity contribution is 9.10. The van der Waals surface area contributed by atoms with E-state index >= 15 is 0 Å². The Hall–Kier alpha value is -1.55. The average Bonchev–Trinajstić information content (AvgIpc) is 2.77. The van der Waals surface area contributed by atoms with Crippen molar-refractivity contribution >= 4 is 21.9 Å². The summed E-state index contributed by atoms with van der Waals surface area (Å²) in [6.07, 6.45) is 1.84. The van der Waals surface area contributed by atoms with Gasteiger partial charge in [0.2, 0.25) is 0 Å². The summed E-state index contributed by atoms with van der Waals surface area (Å²) in [7, 11) is 1.38. The van der Waals surface area contributed by atoms with E-state index in [4.69, 9.17) is 4.74 Å². The minimum absolute atomic E-state index is 0.345. The first-order chi connectivity index (χ1) is 8.13. The predicted molar refractivity (Wildman–Crippen MR) is 69.5 cm³/mol. The van der Waals surface area contributed by atoms with Crippen LogP contribution in [0.25, 0.3) is 5.69 Å². The van der Waals surface area contributed by atoms with Crippen LogP contribution in [0.5, 0.6) is 0 Å². The SMILES string of the molecule is COC(=O)c1cccn1-c1ccc(C)cc1Br. The van der Waals surface area contributed by atoms with E-state index < -0.39 is 0 Å². The fourth-order valence-corrected chi connectivity index (χ4v) is 2.35. The Morgan fingerprint density at radius 1 is 1.35 bits per heavy atom. The van der Waals surface area contributed by atoms with Crippen LogP contribution in [0, 0.1) is 6.92 Å². The molecule has 0 aliphatic rings. The Bertz CT molecular complexity index is 560. The first kappa shape index (κ1) is 11.9. The quantitative estimate of drug-likeness (QED) is 0.795. The van der Waals surface area contributed by atoms with Gasteiger partial charge in [-0.1, -0.05) is 6.07 Å². The van der Waals surface area contributed by atoms with Crippen LogP contribution >= 0.6 is 15.9 Å². The Morgan fingerprint density at radius 2 is 2.12 bits per heavy atom. The number of halogens is 1. The van der Waals surface area contributed by atoms with Gasteiger partial charge in [0.05, 0.1) is 12.8 Å². The third kappa shape index (κ3) is 2.26. The first-order valence-corrected chi connectivity index (χ1v) is 5.95. The Labute approximate surface area is 108 Å². The number of hydrogen-bond acceptors (Lipinski definition) is 2. The maximum atomic E-state index is 11.6. The summed E-state index contributed by atoms with van der Waals surface area (Å²) >= 11 is 3.50. The summed E-state index contributed by atoms with van der Waals surface area (Å²) in [4.78, 5) is 11.6. The zero-order valence-corrected chi connectivity index (χ0v) is 11.2. The van der Waals surface area contributed by atoms with Gasteiger partial charge in [0.1, 0.15) is 5.69 Å². The highest BCUT2D eigenvalue weighted by Gasteiger charge is 2.13. The Morgan fingerprint density at radius 3 is 2.76 bits per heavy atom. The van der Waals surface area contributed by atoms with Crippen LogP contribution in [0.3, 0.4) is 0 Å². The second-order valence-electron chi connectivity index (χ2n) is 3.71. The maximum absolute atomic E-state index is 11.6. The van der Waals surface area contributed by atoms with Crippen molar-refractivity contribution in [1.82, 2.24) is 4.57 Å². The van der Waals surface area contributed by atoms with Gasteiger partial charge in [0, 0.05) is 10.7 Å². The molecule has 17 heavy (non-hydrogen) atoms. The van der Waals surface area contributed by atoms with E-state index in [1.165, 1.54) is 7.11 Å². The van der Waals surface area contributed by atoms with Crippen LogP contribution in [0.4, 0.5) is 0 Å². The van der Waals surface area contributed by atoms with E-state index in [0.717, 1.165) is 15.7 Å². The normalized spacial score (nSPS) is 10.3. The molecule has 3 nitrogen and oxygen atoms in total.